The zero-order valence-electron chi connectivity index (χ0n) is 13.8. The van der Waals surface area contributed by atoms with Gasteiger partial charge in [0.2, 0.25) is 0 Å². The van der Waals surface area contributed by atoms with Crippen molar-refractivity contribution in [3.05, 3.63) is 0 Å². The maximum absolute atomic E-state index is 6.64. The summed E-state index contributed by atoms with van der Waals surface area (Å²) in [4.78, 5) is 0. The summed E-state index contributed by atoms with van der Waals surface area (Å²) in [7, 11) is 0. The van der Waals surface area contributed by atoms with Gasteiger partial charge in [0.25, 0.3) is 0 Å². The predicted octanol–water partition coefficient (Wildman–Crippen LogP) is 3.50. The molecular formula is C17H33NO2. The molecule has 3 atom stereocenters. The molecule has 0 radical (unpaired) electrons. The summed E-state index contributed by atoms with van der Waals surface area (Å²) in [5.74, 6) is 0.539. The van der Waals surface area contributed by atoms with E-state index in [1.165, 1.54) is 25.7 Å². The maximum atomic E-state index is 6.64. The van der Waals surface area contributed by atoms with Gasteiger partial charge in [0.05, 0.1) is 11.7 Å². The lowest BCUT2D eigenvalue weighted by atomic mass is 9.74. The predicted molar refractivity (Wildman–Crippen MR) is 82.7 cm³/mol. The lowest BCUT2D eigenvalue weighted by molar-refractivity contribution is -0.114. The van der Waals surface area contributed by atoms with Gasteiger partial charge in [-0.2, -0.15) is 0 Å². The SMILES string of the molecule is CCOC(C(N)C1CCOC2(CCCC2)C1)C(C)(C)C. The lowest BCUT2D eigenvalue weighted by Crippen LogP contribution is -2.53. The summed E-state index contributed by atoms with van der Waals surface area (Å²) >= 11 is 0. The topological polar surface area (TPSA) is 44.5 Å². The van der Waals surface area contributed by atoms with Crippen molar-refractivity contribution in [2.75, 3.05) is 13.2 Å². The summed E-state index contributed by atoms with van der Waals surface area (Å²) in [5.41, 5.74) is 6.88. The minimum absolute atomic E-state index is 0.0938. The quantitative estimate of drug-likeness (QED) is 0.858. The van der Waals surface area contributed by atoms with E-state index in [1.807, 2.05) is 0 Å². The van der Waals surface area contributed by atoms with E-state index in [9.17, 15) is 0 Å². The average molecular weight is 283 g/mol. The van der Waals surface area contributed by atoms with Gasteiger partial charge in [0, 0.05) is 19.3 Å². The van der Waals surface area contributed by atoms with E-state index in [0.717, 1.165) is 26.1 Å². The Morgan fingerprint density at radius 3 is 2.50 bits per heavy atom. The van der Waals surface area contributed by atoms with Gasteiger partial charge in [-0.1, -0.05) is 33.6 Å². The molecule has 1 heterocycles. The van der Waals surface area contributed by atoms with Crippen LogP contribution in [0.2, 0.25) is 0 Å². The lowest BCUT2D eigenvalue weighted by Gasteiger charge is -2.44. The summed E-state index contributed by atoms with van der Waals surface area (Å²) in [6.45, 7) is 10.4. The zero-order chi connectivity index (χ0) is 14.8. The number of ether oxygens (including phenoxy) is 2. The minimum atomic E-state index is 0.0938. The van der Waals surface area contributed by atoms with E-state index >= 15 is 0 Å². The van der Waals surface area contributed by atoms with Crippen molar-refractivity contribution in [2.45, 2.75) is 84.0 Å². The Morgan fingerprint density at radius 2 is 1.95 bits per heavy atom. The van der Waals surface area contributed by atoms with Gasteiger partial charge >= 0.3 is 0 Å². The molecule has 1 saturated carbocycles. The van der Waals surface area contributed by atoms with E-state index in [0.29, 0.717) is 5.92 Å². The minimum Gasteiger partial charge on any atom is -0.376 e. The van der Waals surface area contributed by atoms with Gasteiger partial charge in [-0.05, 0) is 43.9 Å². The Bertz CT molecular complexity index is 305. The van der Waals surface area contributed by atoms with Crippen LogP contribution in [0.25, 0.3) is 0 Å². The molecule has 2 N–H and O–H groups in total. The highest BCUT2D eigenvalue weighted by atomic mass is 16.5. The largest absolute Gasteiger partial charge is 0.376 e. The van der Waals surface area contributed by atoms with Crippen LogP contribution >= 0.6 is 0 Å². The second-order valence-corrected chi connectivity index (χ2v) is 7.81. The highest BCUT2D eigenvalue weighted by molar-refractivity contribution is 4.97. The number of hydrogen-bond acceptors (Lipinski definition) is 3. The van der Waals surface area contributed by atoms with Crippen molar-refractivity contribution in [3.63, 3.8) is 0 Å². The van der Waals surface area contributed by atoms with Crippen LogP contribution in [0, 0.1) is 11.3 Å². The van der Waals surface area contributed by atoms with Crippen molar-refractivity contribution >= 4 is 0 Å². The van der Waals surface area contributed by atoms with E-state index in [-0.39, 0.29) is 23.2 Å². The van der Waals surface area contributed by atoms with Crippen molar-refractivity contribution in [2.24, 2.45) is 17.1 Å². The first-order chi connectivity index (χ1) is 9.38. The van der Waals surface area contributed by atoms with E-state index in [1.54, 1.807) is 0 Å². The van der Waals surface area contributed by atoms with Crippen LogP contribution in [0.4, 0.5) is 0 Å². The van der Waals surface area contributed by atoms with E-state index < -0.39 is 0 Å². The molecular weight excluding hydrogens is 250 g/mol. The highest BCUT2D eigenvalue weighted by Crippen LogP contribution is 2.44. The number of rotatable bonds is 4. The third-order valence-electron chi connectivity index (χ3n) is 5.14. The first-order valence-electron chi connectivity index (χ1n) is 8.39. The Morgan fingerprint density at radius 1 is 1.30 bits per heavy atom. The fraction of sp³-hybridized carbons (Fsp3) is 1.00. The molecule has 0 amide bonds. The van der Waals surface area contributed by atoms with Crippen LogP contribution in [0.15, 0.2) is 0 Å². The van der Waals surface area contributed by atoms with Gasteiger partial charge in [-0.15, -0.1) is 0 Å². The zero-order valence-corrected chi connectivity index (χ0v) is 13.8. The monoisotopic (exact) mass is 283 g/mol. The molecule has 2 fully saturated rings. The van der Waals surface area contributed by atoms with Crippen LogP contribution in [0.1, 0.15) is 66.2 Å². The van der Waals surface area contributed by atoms with Crippen LogP contribution in [0.3, 0.4) is 0 Å². The molecule has 1 spiro atoms. The van der Waals surface area contributed by atoms with Crippen LogP contribution in [0.5, 0.6) is 0 Å². The number of nitrogens with two attached hydrogens (primary N) is 1. The molecule has 1 saturated heterocycles. The van der Waals surface area contributed by atoms with Gasteiger partial charge < -0.3 is 15.2 Å². The van der Waals surface area contributed by atoms with Gasteiger partial charge in [0.15, 0.2) is 0 Å². The molecule has 0 aromatic carbocycles. The van der Waals surface area contributed by atoms with Crippen molar-refractivity contribution in [3.8, 4) is 0 Å². The molecule has 3 heteroatoms. The van der Waals surface area contributed by atoms with Gasteiger partial charge in [-0.25, -0.2) is 0 Å². The molecule has 3 nitrogen and oxygen atoms in total. The molecule has 1 aliphatic carbocycles. The third kappa shape index (κ3) is 3.55. The molecule has 0 bridgehead atoms. The molecule has 2 rings (SSSR count). The van der Waals surface area contributed by atoms with E-state index in [2.05, 4.69) is 27.7 Å². The molecule has 118 valence electrons. The summed E-state index contributed by atoms with van der Waals surface area (Å²) in [6.07, 6.45) is 7.44. The fourth-order valence-electron chi connectivity index (χ4n) is 4.13. The van der Waals surface area contributed by atoms with Crippen molar-refractivity contribution in [1.82, 2.24) is 0 Å². The summed E-state index contributed by atoms with van der Waals surface area (Å²) in [5, 5.41) is 0. The smallest absolute Gasteiger partial charge is 0.0776 e. The van der Waals surface area contributed by atoms with Crippen LogP contribution in [-0.2, 0) is 9.47 Å². The van der Waals surface area contributed by atoms with Crippen LogP contribution < -0.4 is 5.73 Å². The molecule has 2 aliphatic rings. The summed E-state index contributed by atoms with van der Waals surface area (Å²) < 4.78 is 12.1. The summed E-state index contributed by atoms with van der Waals surface area (Å²) in [6, 6.07) is 0.122. The van der Waals surface area contributed by atoms with Gasteiger partial charge in [-0.3, -0.25) is 0 Å². The standard InChI is InChI=1S/C17H33NO2/c1-5-19-15(16(2,3)4)14(18)13-8-11-20-17(12-13)9-6-7-10-17/h13-15H,5-12,18H2,1-4H3. The Kier molecular flexibility index (Phi) is 5.14. The normalized spacial score (nSPS) is 29.6. The molecule has 1 aliphatic heterocycles. The molecule has 0 aromatic heterocycles. The second kappa shape index (κ2) is 6.33. The molecule has 3 unspecified atom stereocenters. The Hall–Kier alpha value is -0.120. The molecule has 20 heavy (non-hydrogen) atoms. The van der Waals surface area contributed by atoms with Crippen molar-refractivity contribution < 1.29 is 9.47 Å². The Labute approximate surface area is 124 Å². The fourth-order valence-corrected chi connectivity index (χ4v) is 4.13. The first-order valence-corrected chi connectivity index (χ1v) is 8.39. The van der Waals surface area contributed by atoms with Gasteiger partial charge in [0.1, 0.15) is 0 Å². The van der Waals surface area contributed by atoms with E-state index in [4.69, 9.17) is 15.2 Å². The Balaban J connectivity index is 2.04. The van der Waals surface area contributed by atoms with Crippen molar-refractivity contribution in [1.29, 1.82) is 0 Å². The van der Waals surface area contributed by atoms with Crippen LogP contribution in [-0.4, -0.2) is 31.0 Å². The third-order valence-corrected chi connectivity index (χ3v) is 5.14. The highest BCUT2D eigenvalue weighted by Gasteiger charge is 2.44. The number of hydrogen-bond donors (Lipinski definition) is 1. The first kappa shape index (κ1) is 16.3. The second-order valence-electron chi connectivity index (χ2n) is 7.81. The average Bonchev–Trinajstić information content (AvgIpc) is 2.82. The maximum Gasteiger partial charge on any atom is 0.0776 e. The molecule has 0 aromatic rings.